The van der Waals surface area contributed by atoms with Crippen molar-refractivity contribution in [2.24, 2.45) is 0 Å². The summed E-state index contributed by atoms with van der Waals surface area (Å²) in [5, 5.41) is 6.40. The number of aryl methyl sites for hydroxylation is 3. The largest absolute Gasteiger partial charge is 0.352 e. The van der Waals surface area contributed by atoms with E-state index >= 15 is 0 Å². The number of nitrogens with one attached hydrogen (secondary N) is 1. The number of nitrogens with zero attached hydrogens (tertiary/aromatic N) is 2. The van der Waals surface area contributed by atoms with Crippen LogP contribution in [0.1, 0.15) is 83.4 Å². The molecule has 0 unspecified atom stereocenters. The van der Waals surface area contributed by atoms with Gasteiger partial charge in [-0.3, -0.25) is 4.79 Å². The van der Waals surface area contributed by atoms with Crippen LogP contribution in [0.4, 0.5) is 0 Å². The summed E-state index contributed by atoms with van der Waals surface area (Å²) in [6.45, 7) is 7.00. The zero-order valence-corrected chi connectivity index (χ0v) is 17.1. The maximum Gasteiger partial charge on any atom is 0.253 e. The third kappa shape index (κ3) is 4.56. The van der Waals surface area contributed by atoms with E-state index in [0.29, 0.717) is 6.04 Å². The van der Waals surface area contributed by atoms with Crippen molar-refractivity contribution in [3.8, 4) is 0 Å². The molecule has 0 aromatic carbocycles. The Bertz CT molecular complexity index is 741. The van der Waals surface area contributed by atoms with Crippen molar-refractivity contribution in [3.63, 3.8) is 0 Å². The molecule has 1 aliphatic carbocycles. The van der Waals surface area contributed by atoms with Gasteiger partial charge in [0.2, 0.25) is 0 Å². The van der Waals surface area contributed by atoms with Crippen molar-refractivity contribution >= 4 is 17.2 Å². The van der Waals surface area contributed by atoms with Crippen LogP contribution in [-0.2, 0) is 6.42 Å². The highest BCUT2D eigenvalue weighted by molar-refractivity contribution is 7.09. The molecular weight excluding hydrogens is 342 g/mol. The Morgan fingerprint density at radius 3 is 2.69 bits per heavy atom. The first kappa shape index (κ1) is 19.2. The fourth-order valence-electron chi connectivity index (χ4n) is 4.12. The molecule has 4 nitrogen and oxygen atoms in total. The molecule has 1 aliphatic rings. The number of amides is 1. The Kier molecular flexibility index (Phi) is 6.52. The summed E-state index contributed by atoms with van der Waals surface area (Å²) in [6, 6.07) is 2.64. The quantitative estimate of drug-likeness (QED) is 0.684. The van der Waals surface area contributed by atoms with E-state index in [9.17, 15) is 4.79 Å². The lowest BCUT2D eigenvalue weighted by molar-refractivity contribution is 0.0952. The summed E-state index contributed by atoms with van der Waals surface area (Å²) in [6.07, 6.45) is 9.51. The predicted octanol–water partition coefficient (Wildman–Crippen LogP) is 5.13. The minimum atomic E-state index is 0.0743. The number of unbranched alkanes of at least 4 members (excludes halogenated alkanes) is 1. The lowest BCUT2D eigenvalue weighted by Gasteiger charge is -2.26. The van der Waals surface area contributed by atoms with Gasteiger partial charge < -0.3 is 9.88 Å². The van der Waals surface area contributed by atoms with Gasteiger partial charge in [0.25, 0.3) is 5.91 Å². The van der Waals surface area contributed by atoms with Gasteiger partial charge >= 0.3 is 0 Å². The van der Waals surface area contributed by atoms with Crippen LogP contribution in [0.25, 0.3) is 0 Å². The Morgan fingerprint density at radius 2 is 2.00 bits per heavy atom. The lowest BCUT2D eigenvalue weighted by atomic mass is 9.95. The zero-order valence-electron chi connectivity index (χ0n) is 16.3. The molecule has 3 rings (SSSR count). The molecule has 0 bridgehead atoms. The van der Waals surface area contributed by atoms with Crippen LogP contribution in [0.3, 0.4) is 0 Å². The highest BCUT2D eigenvalue weighted by Gasteiger charge is 2.22. The van der Waals surface area contributed by atoms with Crippen LogP contribution in [-0.4, -0.2) is 22.0 Å². The number of hydrogen-bond acceptors (Lipinski definition) is 3. The molecule has 1 saturated carbocycles. The highest BCUT2D eigenvalue weighted by Crippen LogP contribution is 2.32. The Labute approximate surface area is 161 Å². The van der Waals surface area contributed by atoms with E-state index in [2.05, 4.69) is 40.2 Å². The molecule has 2 heterocycles. The van der Waals surface area contributed by atoms with Crippen LogP contribution in [0.15, 0.2) is 11.4 Å². The van der Waals surface area contributed by atoms with E-state index in [-0.39, 0.29) is 5.91 Å². The van der Waals surface area contributed by atoms with Gasteiger partial charge in [0, 0.05) is 35.0 Å². The maximum absolute atomic E-state index is 12.6. The molecule has 1 N–H and O–H groups in total. The average Bonchev–Trinajstić information content (AvgIpc) is 3.18. The lowest BCUT2D eigenvalue weighted by Crippen LogP contribution is -2.25. The standard InChI is InChI=1S/C21H31N3OS/c1-15-14-26-20(23-15)11-7-8-12-22-21(25)19-13-16(2)24(17(19)3)18-9-5-4-6-10-18/h13-14,18H,4-12H2,1-3H3,(H,22,25). The number of carbonyl (C=O) groups excluding carboxylic acids is 1. The molecule has 142 valence electrons. The monoisotopic (exact) mass is 373 g/mol. The van der Waals surface area contributed by atoms with Crippen LogP contribution in [0.5, 0.6) is 0 Å². The van der Waals surface area contributed by atoms with Crippen molar-refractivity contribution in [3.05, 3.63) is 39.1 Å². The molecule has 2 aromatic rings. The molecule has 5 heteroatoms. The van der Waals surface area contributed by atoms with Gasteiger partial charge in [-0.05, 0) is 58.9 Å². The Morgan fingerprint density at radius 1 is 1.23 bits per heavy atom. The molecule has 0 spiro atoms. The summed E-state index contributed by atoms with van der Waals surface area (Å²) in [7, 11) is 0. The van der Waals surface area contributed by atoms with E-state index in [1.165, 1.54) is 42.8 Å². The molecular formula is C21H31N3OS. The van der Waals surface area contributed by atoms with Gasteiger partial charge in [0.1, 0.15) is 0 Å². The summed E-state index contributed by atoms with van der Waals surface area (Å²) < 4.78 is 2.40. The predicted molar refractivity (Wildman–Crippen MR) is 108 cm³/mol. The maximum atomic E-state index is 12.6. The number of aromatic nitrogens is 2. The van der Waals surface area contributed by atoms with Gasteiger partial charge in [-0.1, -0.05) is 19.3 Å². The number of rotatable bonds is 7. The second kappa shape index (κ2) is 8.85. The van der Waals surface area contributed by atoms with Gasteiger partial charge in [-0.25, -0.2) is 4.98 Å². The first-order valence-electron chi connectivity index (χ1n) is 9.94. The minimum Gasteiger partial charge on any atom is -0.352 e. The normalized spacial score (nSPS) is 15.3. The summed E-state index contributed by atoms with van der Waals surface area (Å²) in [5.41, 5.74) is 4.30. The van der Waals surface area contributed by atoms with E-state index < -0.39 is 0 Å². The molecule has 2 aromatic heterocycles. The molecule has 1 fully saturated rings. The van der Waals surface area contributed by atoms with E-state index in [4.69, 9.17) is 0 Å². The smallest absolute Gasteiger partial charge is 0.253 e. The fourth-order valence-corrected chi connectivity index (χ4v) is 4.94. The topological polar surface area (TPSA) is 46.9 Å². The van der Waals surface area contributed by atoms with Gasteiger partial charge in [0.05, 0.1) is 10.6 Å². The second-order valence-electron chi connectivity index (χ2n) is 7.54. The molecule has 26 heavy (non-hydrogen) atoms. The third-order valence-electron chi connectivity index (χ3n) is 5.44. The number of hydrogen-bond donors (Lipinski definition) is 1. The minimum absolute atomic E-state index is 0.0743. The van der Waals surface area contributed by atoms with Crippen molar-refractivity contribution in [1.29, 1.82) is 0 Å². The Hall–Kier alpha value is -1.62. The van der Waals surface area contributed by atoms with Crippen molar-refractivity contribution in [2.75, 3.05) is 6.54 Å². The van der Waals surface area contributed by atoms with Crippen molar-refractivity contribution in [2.45, 2.75) is 78.2 Å². The fraction of sp³-hybridized carbons (Fsp3) is 0.619. The SMILES string of the molecule is Cc1csc(CCCCNC(=O)c2cc(C)n(C3CCCCC3)c2C)n1. The van der Waals surface area contributed by atoms with Crippen LogP contribution < -0.4 is 5.32 Å². The van der Waals surface area contributed by atoms with Gasteiger partial charge in [0.15, 0.2) is 0 Å². The van der Waals surface area contributed by atoms with Crippen LogP contribution in [0, 0.1) is 20.8 Å². The molecule has 0 atom stereocenters. The van der Waals surface area contributed by atoms with E-state index in [1.807, 2.05) is 6.92 Å². The van der Waals surface area contributed by atoms with E-state index in [1.54, 1.807) is 11.3 Å². The first-order valence-corrected chi connectivity index (χ1v) is 10.8. The third-order valence-corrected chi connectivity index (χ3v) is 6.46. The molecule has 1 amide bonds. The molecule has 0 saturated heterocycles. The van der Waals surface area contributed by atoms with E-state index in [0.717, 1.165) is 42.8 Å². The number of carbonyl (C=O) groups is 1. The average molecular weight is 374 g/mol. The van der Waals surface area contributed by atoms with Crippen molar-refractivity contribution < 1.29 is 4.79 Å². The first-order chi connectivity index (χ1) is 12.6. The summed E-state index contributed by atoms with van der Waals surface area (Å²) >= 11 is 1.73. The second-order valence-corrected chi connectivity index (χ2v) is 8.48. The number of thiazole rings is 1. The summed E-state index contributed by atoms with van der Waals surface area (Å²) in [5.74, 6) is 0.0743. The van der Waals surface area contributed by atoms with Gasteiger partial charge in [-0.15, -0.1) is 11.3 Å². The highest BCUT2D eigenvalue weighted by atomic mass is 32.1. The van der Waals surface area contributed by atoms with Crippen LogP contribution >= 0.6 is 11.3 Å². The molecule has 0 radical (unpaired) electrons. The van der Waals surface area contributed by atoms with Crippen molar-refractivity contribution in [1.82, 2.24) is 14.9 Å². The molecule has 0 aliphatic heterocycles. The van der Waals surface area contributed by atoms with Crippen LogP contribution in [0.2, 0.25) is 0 Å². The Balaban J connectivity index is 1.50. The summed E-state index contributed by atoms with van der Waals surface area (Å²) in [4.78, 5) is 17.1. The zero-order chi connectivity index (χ0) is 18.5. The van der Waals surface area contributed by atoms with Gasteiger partial charge in [-0.2, -0.15) is 0 Å².